The maximum Gasteiger partial charge on any atom is 0.281 e. The minimum absolute atomic E-state index is 0.129. The first-order valence-corrected chi connectivity index (χ1v) is 13.5. The van der Waals surface area contributed by atoms with Crippen molar-refractivity contribution in [2.45, 2.75) is 40.3 Å². The summed E-state index contributed by atoms with van der Waals surface area (Å²) in [6, 6.07) is 21.9. The molecule has 0 aliphatic carbocycles. The number of carbonyl (C=O) groups excluding carboxylic acids is 1. The largest absolute Gasteiger partial charge is 0.492 e. The van der Waals surface area contributed by atoms with Gasteiger partial charge in [0.15, 0.2) is 5.11 Å². The molecule has 1 fully saturated rings. The minimum atomic E-state index is -0.129. The van der Waals surface area contributed by atoms with Gasteiger partial charge in [0, 0.05) is 29.7 Å². The number of para-hydroxylation sites is 1. The second-order valence-corrected chi connectivity index (χ2v) is 10.4. The van der Waals surface area contributed by atoms with E-state index < -0.39 is 0 Å². The van der Waals surface area contributed by atoms with Crippen molar-refractivity contribution in [2.24, 2.45) is 0 Å². The predicted molar refractivity (Wildman–Crippen MR) is 161 cm³/mol. The Balaban J connectivity index is 1.37. The first-order valence-electron chi connectivity index (χ1n) is 13.1. The summed E-state index contributed by atoms with van der Waals surface area (Å²) in [5.41, 5.74) is 5.66. The third kappa shape index (κ3) is 5.40. The summed E-state index contributed by atoms with van der Waals surface area (Å²) in [7, 11) is 1.84. The maximum atomic E-state index is 13.6. The van der Waals surface area contributed by atoms with Gasteiger partial charge in [-0.15, -0.1) is 0 Å². The molecule has 1 aliphatic heterocycles. The van der Waals surface area contributed by atoms with Gasteiger partial charge in [-0.05, 0) is 99.6 Å². The van der Waals surface area contributed by atoms with Gasteiger partial charge in [-0.1, -0.05) is 24.3 Å². The average Bonchev–Trinajstić information content (AvgIpc) is 3.36. The lowest BCUT2D eigenvalue weighted by atomic mass is 10.1. The number of nitrogens with zero attached hydrogens (tertiary/aromatic N) is 3. The average molecular weight is 540 g/mol. The smallest absolute Gasteiger partial charge is 0.281 e. The molecule has 0 N–H and O–H groups in total. The molecule has 3 aromatic carbocycles. The lowest BCUT2D eigenvalue weighted by molar-refractivity contribution is -0.114. The Bertz CT molecular complexity index is 1570. The van der Waals surface area contributed by atoms with Gasteiger partial charge in [0.25, 0.3) is 5.91 Å². The van der Waals surface area contributed by atoms with Gasteiger partial charge in [-0.3, -0.25) is 9.69 Å². The lowest BCUT2D eigenvalue weighted by Crippen LogP contribution is -2.31. The first kappa shape index (κ1) is 26.5. The van der Waals surface area contributed by atoms with Crippen molar-refractivity contribution in [1.29, 1.82) is 0 Å². The van der Waals surface area contributed by atoms with Crippen LogP contribution in [-0.4, -0.2) is 40.2 Å². The van der Waals surface area contributed by atoms with Gasteiger partial charge in [0.2, 0.25) is 0 Å². The van der Waals surface area contributed by atoms with Crippen LogP contribution in [0.5, 0.6) is 11.5 Å². The Hall–Kier alpha value is -4.10. The molecule has 0 spiro atoms. The number of rotatable bonds is 8. The molecule has 2 heterocycles. The Morgan fingerprint density at radius 1 is 0.949 bits per heavy atom. The van der Waals surface area contributed by atoms with Crippen LogP contribution >= 0.6 is 12.2 Å². The van der Waals surface area contributed by atoms with Crippen LogP contribution in [0.15, 0.2) is 78.6 Å². The second kappa shape index (κ2) is 10.9. The topological polar surface area (TPSA) is 46.9 Å². The highest BCUT2D eigenvalue weighted by Gasteiger charge is 2.37. The zero-order chi connectivity index (χ0) is 27.7. The molecule has 0 unspecified atom stereocenters. The summed E-state index contributed by atoms with van der Waals surface area (Å²) in [6.07, 6.45) is 4.14. The number of thiocarbonyl (C=S) groups is 1. The van der Waals surface area contributed by atoms with E-state index >= 15 is 0 Å². The van der Waals surface area contributed by atoms with Crippen LogP contribution in [0.1, 0.15) is 30.5 Å². The number of hydrogen-bond acceptors (Lipinski definition) is 4. The number of hydrogen-bond donors (Lipinski definition) is 0. The molecule has 1 amide bonds. The number of carbonyl (C=O) groups is 1. The molecule has 1 aliphatic rings. The van der Waals surface area contributed by atoms with Crippen LogP contribution in [0.25, 0.3) is 17.0 Å². The zero-order valence-electron chi connectivity index (χ0n) is 23.0. The summed E-state index contributed by atoms with van der Waals surface area (Å²) in [5, 5.41) is 1.54. The van der Waals surface area contributed by atoms with Crippen molar-refractivity contribution in [3.63, 3.8) is 0 Å². The summed E-state index contributed by atoms with van der Waals surface area (Å²) < 4.78 is 13.9. The van der Waals surface area contributed by atoms with Crippen molar-refractivity contribution in [3.8, 4) is 11.5 Å². The zero-order valence-corrected chi connectivity index (χ0v) is 23.8. The molecule has 200 valence electrons. The highest BCUT2D eigenvalue weighted by molar-refractivity contribution is 7.80. The molecule has 1 aromatic heterocycles. The van der Waals surface area contributed by atoms with Crippen molar-refractivity contribution in [2.75, 3.05) is 18.6 Å². The van der Waals surface area contributed by atoms with Crippen LogP contribution in [0, 0.1) is 13.8 Å². The molecule has 1 saturated heterocycles. The molecule has 5 rings (SSSR count). The Kier molecular flexibility index (Phi) is 7.44. The van der Waals surface area contributed by atoms with Gasteiger partial charge in [0.05, 0.1) is 18.3 Å². The molecule has 0 atom stereocenters. The molecule has 0 radical (unpaired) electrons. The van der Waals surface area contributed by atoms with Gasteiger partial charge < -0.3 is 18.9 Å². The number of aromatic nitrogens is 1. The first-order chi connectivity index (χ1) is 18.7. The van der Waals surface area contributed by atoms with E-state index in [0.717, 1.165) is 39.2 Å². The maximum absolute atomic E-state index is 13.6. The van der Waals surface area contributed by atoms with E-state index in [9.17, 15) is 4.79 Å². The predicted octanol–water partition coefficient (Wildman–Crippen LogP) is 6.73. The number of ether oxygens (including phenoxy) is 2. The molecular formula is C32H33N3O3S. The molecular weight excluding hydrogens is 506 g/mol. The number of anilines is 1. The summed E-state index contributed by atoms with van der Waals surface area (Å²) in [5.74, 6) is 1.49. The number of aryl methyl sites for hydroxylation is 2. The molecule has 6 nitrogen and oxygen atoms in total. The van der Waals surface area contributed by atoms with Crippen LogP contribution in [0.2, 0.25) is 0 Å². The van der Waals surface area contributed by atoms with Gasteiger partial charge >= 0.3 is 0 Å². The normalized spacial score (nSPS) is 14.8. The van der Waals surface area contributed by atoms with Gasteiger partial charge in [0.1, 0.15) is 23.8 Å². The molecule has 4 aromatic rings. The lowest BCUT2D eigenvalue weighted by Gasteiger charge is -2.17. The summed E-state index contributed by atoms with van der Waals surface area (Å²) >= 11 is 5.69. The van der Waals surface area contributed by atoms with E-state index in [-0.39, 0.29) is 12.0 Å². The van der Waals surface area contributed by atoms with E-state index in [1.54, 1.807) is 9.80 Å². The molecule has 0 saturated carbocycles. The number of fused-ring (bicyclic) bond motifs is 1. The number of amides is 1. The fraction of sp³-hybridized carbons (Fsp3) is 0.250. The van der Waals surface area contributed by atoms with Crippen LogP contribution < -0.4 is 14.4 Å². The summed E-state index contributed by atoms with van der Waals surface area (Å²) in [4.78, 5) is 17.0. The van der Waals surface area contributed by atoms with Crippen molar-refractivity contribution < 1.29 is 14.3 Å². The Labute approximate surface area is 235 Å². The number of benzene rings is 3. The fourth-order valence-electron chi connectivity index (χ4n) is 4.72. The third-order valence-corrected chi connectivity index (χ3v) is 7.37. The van der Waals surface area contributed by atoms with Crippen LogP contribution in [-0.2, 0) is 11.3 Å². The quantitative estimate of drug-likeness (QED) is 0.184. The summed E-state index contributed by atoms with van der Waals surface area (Å²) in [6.45, 7) is 9.27. The van der Waals surface area contributed by atoms with Crippen LogP contribution in [0.3, 0.4) is 0 Å². The van der Waals surface area contributed by atoms with Gasteiger partial charge in [-0.2, -0.15) is 0 Å². The number of likely N-dealkylation sites (N-methyl/N-ethyl adjacent to an activating group) is 1. The van der Waals surface area contributed by atoms with Crippen molar-refractivity contribution in [1.82, 2.24) is 9.47 Å². The molecule has 7 heteroatoms. The van der Waals surface area contributed by atoms with E-state index in [1.807, 2.05) is 88.5 Å². The fourth-order valence-corrected chi connectivity index (χ4v) is 5.01. The standard InChI is InChI=1S/C32H33N3O3S/c1-21(2)38-27-14-12-26(13-15-27)37-17-16-34-20-24(28-8-6-7-9-29(28)34)19-30-31(36)35(32(39)33(30)5)25-11-10-22(3)23(4)18-25/h6-15,18-21H,16-17H2,1-5H3/b30-19-. The third-order valence-electron chi connectivity index (χ3n) is 6.92. The highest BCUT2D eigenvalue weighted by atomic mass is 32.1. The highest BCUT2D eigenvalue weighted by Crippen LogP contribution is 2.31. The Morgan fingerprint density at radius 2 is 1.67 bits per heavy atom. The molecule has 0 bridgehead atoms. The SMILES string of the molecule is Cc1ccc(N2C(=O)/C(=C/c3cn(CCOc4ccc(OC(C)C)cc4)c4ccccc34)N(C)C2=S)cc1C. The minimum Gasteiger partial charge on any atom is -0.492 e. The van der Waals surface area contributed by atoms with Gasteiger partial charge in [-0.25, -0.2) is 0 Å². The van der Waals surface area contributed by atoms with Crippen molar-refractivity contribution >= 4 is 45.9 Å². The molecule has 39 heavy (non-hydrogen) atoms. The van der Waals surface area contributed by atoms with Crippen LogP contribution in [0.4, 0.5) is 5.69 Å². The van der Waals surface area contributed by atoms with E-state index in [4.69, 9.17) is 21.7 Å². The van der Waals surface area contributed by atoms with E-state index in [2.05, 4.69) is 29.8 Å². The monoisotopic (exact) mass is 539 g/mol. The van der Waals surface area contributed by atoms with E-state index in [0.29, 0.717) is 24.0 Å². The van der Waals surface area contributed by atoms with Crippen molar-refractivity contribution in [3.05, 3.63) is 95.3 Å². The van der Waals surface area contributed by atoms with E-state index in [1.165, 1.54) is 5.56 Å². The Morgan fingerprint density at radius 3 is 2.38 bits per heavy atom. The second-order valence-electron chi connectivity index (χ2n) is 10.1.